The molecule has 298 valence electrons. The summed E-state index contributed by atoms with van der Waals surface area (Å²) in [5.41, 5.74) is 5.61. The van der Waals surface area contributed by atoms with Gasteiger partial charge in [-0.3, -0.25) is 9.59 Å². The molecular weight excluding hydrogens is 735 g/mol. The maximum absolute atomic E-state index is 13.7. The smallest absolute Gasteiger partial charge is 0.407 e. The zero-order chi connectivity index (χ0) is 39.4. The first-order chi connectivity index (χ1) is 26.4. The fraction of sp³-hybridized carbons (Fsp3) is 0.512. The molecule has 5 rings (SSSR count). The van der Waals surface area contributed by atoms with Crippen molar-refractivity contribution < 1.29 is 33.3 Å². The van der Waals surface area contributed by atoms with Crippen molar-refractivity contribution in [2.75, 3.05) is 32.6 Å². The first-order valence-corrected chi connectivity index (χ1v) is 21.6. The molecule has 0 radical (unpaired) electrons. The fourth-order valence-electron chi connectivity index (χ4n) is 6.95. The van der Waals surface area contributed by atoms with Gasteiger partial charge in [0.25, 0.3) is 0 Å². The highest BCUT2D eigenvalue weighted by molar-refractivity contribution is 8.77. The number of fused-ring (bicyclic) bond motifs is 3. The minimum absolute atomic E-state index is 0.0321. The number of hydrogen-bond donors (Lipinski definition) is 3. The molecule has 2 aliphatic rings. The van der Waals surface area contributed by atoms with E-state index in [0.717, 1.165) is 27.8 Å². The lowest BCUT2D eigenvalue weighted by Gasteiger charge is -2.37. The Kier molecular flexibility index (Phi) is 15.9. The van der Waals surface area contributed by atoms with Crippen molar-refractivity contribution in [3.63, 3.8) is 0 Å². The highest BCUT2D eigenvalue weighted by atomic mass is 33.1. The standard InChI is InChI=1S/C43H57N3O7S2/c1-28(2)22-36(41(48)50-6)44-24-39-38(51-25-29-14-8-7-9-15-29)21-20-30(53-39)23-45-40(47)37(27-54-55-43(3,4)5)46-42(49)52-26-35-33-18-12-10-16-31(33)32-17-11-13-19-34(32)35/h7-19,28,30,35-39,44H,20-27H2,1-6H3,(H,45,47)(H,46,49)/t30-,36+,37+,38+,39-/m1/s1. The Morgan fingerprint density at radius 3 is 2.16 bits per heavy atom. The summed E-state index contributed by atoms with van der Waals surface area (Å²) >= 11 is 0. The van der Waals surface area contributed by atoms with E-state index in [9.17, 15) is 14.4 Å². The van der Waals surface area contributed by atoms with Crippen molar-refractivity contribution in [1.82, 2.24) is 16.0 Å². The van der Waals surface area contributed by atoms with Gasteiger partial charge in [0, 0.05) is 29.5 Å². The largest absolute Gasteiger partial charge is 0.468 e. The Hall–Kier alpha value is -3.55. The van der Waals surface area contributed by atoms with Gasteiger partial charge in [-0.15, -0.1) is 0 Å². The van der Waals surface area contributed by atoms with Crippen LogP contribution in [0.5, 0.6) is 0 Å². The Bertz CT molecular complexity index is 1660. The summed E-state index contributed by atoms with van der Waals surface area (Å²) < 4.78 is 23.8. The second kappa shape index (κ2) is 20.6. The van der Waals surface area contributed by atoms with Crippen molar-refractivity contribution in [3.05, 3.63) is 95.6 Å². The van der Waals surface area contributed by atoms with Crippen LogP contribution in [0.4, 0.5) is 4.79 Å². The van der Waals surface area contributed by atoms with E-state index < -0.39 is 18.2 Å². The molecule has 12 heteroatoms. The summed E-state index contributed by atoms with van der Waals surface area (Å²) in [6.45, 7) is 11.7. The lowest BCUT2D eigenvalue weighted by Crippen LogP contribution is -2.53. The van der Waals surface area contributed by atoms with Gasteiger partial charge in [-0.25, -0.2) is 4.79 Å². The SMILES string of the molecule is COC(=O)[C@H](CC(C)C)NC[C@H]1O[C@@H](CNC(=O)[C@H](CSSC(C)(C)C)NC(=O)OCC2c3ccccc3-c3ccccc32)CC[C@@H]1OCc1ccccc1. The first kappa shape index (κ1) is 42.6. The van der Waals surface area contributed by atoms with E-state index >= 15 is 0 Å². The van der Waals surface area contributed by atoms with Crippen LogP contribution in [0, 0.1) is 5.92 Å². The molecule has 1 heterocycles. The molecule has 3 aromatic carbocycles. The highest BCUT2D eigenvalue weighted by Crippen LogP contribution is 2.44. The van der Waals surface area contributed by atoms with Crippen molar-refractivity contribution >= 4 is 39.6 Å². The minimum Gasteiger partial charge on any atom is -0.468 e. The molecule has 1 fully saturated rings. The monoisotopic (exact) mass is 791 g/mol. The van der Waals surface area contributed by atoms with Crippen LogP contribution in [0.3, 0.4) is 0 Å². The van der Waals surface area contributed by atoms with E-state index in [1.165, 1.54) is 17.9 Å². The number of nitrogens with one attached hydrogen (secondary N) is 3. The topological polar surface area (TPSA) is 124 Å². The summed E-state index contributed by atoms with van der Waals surface area (Å²) in [5, 5.41) is 9.27. The number of esters is 1. The van der Waals surface area contributed by atoms with Gasteiger partial charge >= 0.3 is 12.1 Å². The molecule has 55 heavy (non-hydrogen) atoms. The Morgan fingerprint density at radius 1 is 0.873 bits per heavy atom. The van der Waals surface area contributed by atoms with Gasteiger partial charge in [-0.1, -0.05) is 135 Å². The number of rotatable bonds is 18. The average Bonchev–Trinajstić information content (AvgIpc) is 3.49. The van der Waals surface area contributed by atoms with E-state index in [4.69, 9.17) is 18.9 Å². The lowest BCUT2D eigenvalue weighted by molar-refractivity contribution is -0.149. The van der Waals surface area contributed by atoms with Gasteiger partial charge < -0.3 is 34.9 Å². The minimum atomic E-state index is -0.824. The van der Waals surface area contributed by atoms with Crippen LogP contribution in [0.2, 0.25) is 0 Å². The molecule has 0 saturated carbocycles. The van der Waals surface area contributed by atoms with E-state index in [-0.39, 0.29) is 59.9 Å². The molecule has 2 amide bonds. The number of methoxy groups -OCH3 is 1. The zero-order valence-corrected chi connectivity index (χ0v) is 34.5. The maximum atomic E-state index is 13.7. The molecule has 10 nitrogen and oxygen atoms in total. The van der Waals surface area contributed by atoms with Gasteiger partial charge in [0.15, 0.2) is 0 Å². The zero-order valence-electron chi connectivity index (χ0n) is 32.9. The van der Waals surface area contributed by atoms with Crippen LogP contribution in [0.25, 0.3) is 11.1 Å². The van der Waals surface area contributed by atoms with Crippen LogP contribution in [-0.4, -0.2) is 85.7 Å². The third kappa shape index (κ3) is 12.7. The molecular formula is C43H57N3O7S2. The summed E-state index contributed by atoms with van der Waals surface area (Å²) in [6, 6.07) is 25.1. The summed E-state index contributed by atoms with van der Waals surface area (Å²) in [6.07, 6.45) is 0.494. The van der Waals surface area contributed by atoms with Crippen LogP contribution in [-0.2, 0) is 35.1 Å². The van der Waals surface area contributed by atoms with Gasteiger partial charge in [0.1, 0.15) is 18.7 Å². The first-order valence-electron chi connectivity index (χ1n) is 19.2. The summed E-state index contributed by atoms with van der Waals surface area (Å²) in [5.74, 6) is -0.0646. The second-order valence-corrected chi connectivity index (χ2v) is 18.7. The van der Waals surface area contributed by atoms with E-state index in [1.54, 1.807) is 10.8 Å². The molecule has 0 aromatic heterocycles. The van der Waals surface area contributed by atoms with E-state index in [1.807, 2.05) is 54.6 Å². The predicted molar refractivity (Wildman–Crippen MR) is 221 cm³/mol. The number of amides is 2. The Morgan fingerprint density at radius 2 is 1.53 bits per heavy atom. The molecule has 0 unspecified atom stereocenters. The number of hydrogen-bond acceptors (Lipinski definition) is 10. The van der Waals surface area contributed by atoms with Crippen molar-refractivity contribution in [2.24, 2.45) is 5.92 Å². The fourth-order valence-corrected chi connectivity index (χ4v) is 9.42. The average molecular weight is 792 g/mol. The Labute approximate surface area is 334 Å². The molecule has 1 aliphatic heterocycles. The summed E-state index contributed by atoms with van der Waals surface area (Å²) in [7, 11) is 4.59. The van der Waals surface area contributed by atoms with Gasteiger partial charge in [0.05, 0.1) is 32.0 Å². The molecule has 1 saturated heterocycles. The highest BCUT2D eigenvalue weighted by Gasteiger charge is 2.35. The molecule has 0 spiro atoms. The van der Waals surface area contributed by atoms with Crippen LogP contribution < -0.4 is 16.0 Å². The summed E-state index contributed by atoms with van der Waals surface area (Å²) in [4.78, 5) is 39.6. The number of carbonyl (C=O) groups is 3. The van der Waals surface area contributed by atoms with Crippen LogP contribution in [0.15, 0.2) is 78.9 Å². The van der Waals surface area contributed by atoms with Crippen molar-refractivity contribution in [1.29, 1.82) is 0 Å². The Balaban J connectivity index is 1.20. The van der Waals surface area contributed by atoms with Crippen molar-refractivity contribution in [2.45, 2.75) is 102 Å². The predicted octanol–water partition coefficient (Wildman–Crippen LogP) is 7.50. The molecule has 1 aliphatic carbocycles. The maximum Gasteiger partial charge on any atom is 0.407 e. The van der Waals surface area contributed by atoms with Gasteiger partial charge in [-0.2, -0.15) is 0 Å². The third-order valence-corrected chi connectivity index (χ3v) is 13.0. The molecule has 5 atom stereocenters. The van der Waals surface area contributed by atoms with Crippen LogP contribution >= 0.6 is 21.6 Å². The van der Waals surface area contributed by atoms with Gasteiger partial charge in [0.2, 0.25) is 5.91 Å². The molecule has 3 N–H and O–H groups in total. The van der Waals surface area contributed by atoms with E-state index in [2.05, 4.69) is 74.8 Å². The molecule has 0 bridgehead atoms. The number of carbonyl (C=O) groups excluding carboxylic acids is 3. The normalized spacial score (nSPS) is 19.2. The molecule has 3 aromatic rings. The second-order valence-electron chi connectivity index (χ2n) is 15.6. The number of benzene rings is 3. The van der Waals surface area contributed by atoms with Crippen molar-refractivity contribution in [3.8, 4) is 11.1 Å². The number of alkyl carbamates (subject to hydrolysis) is 1. The third-order valence-electron chi connectivity index (χ3n) is 9.62. The number of ether oxygens (including phenoxy) is 4. The van der Waals surface area contributed by atoms with Gasteiger partial charge in [-0.05, 0) is 53.0 Å². The van der Waals surface area contributed by atoms with Crippen LogP contribution in [0.1, 0.15) is 76.5 Å². The lowest BCUT2D eigenvalue weighted by atomic mass is 9.98. The quantitative estimate of drug-likeness (QED) is 0.0882. The van der Waals surface area contributed by atoms with E-state index in [0.29, 0.717) is 38.2 Å².